The van der Waals surface area contributed by atoms with E-state index in [1.807, 2.05) is 0 Å². The van der Waals surface area contributed by atoms with Crippen molar-refractivity contribution in [2.45, 2.75) is 0 Å². The Morgan fingerprint density at radius 1 is 1.43 bits per heavy atom. The van der Waals surface area contributed by atoms with Gasteiger partial charge in [-0.05, 0) is 12.1 Å². The number of anilines is 1. The molecule has 0 saturated heterocycles. The van der Waals surface area contributed by atoms with Gasteiger partial charge in [0, 0.05) is 13.1 Å². The molecule has 2 rings (SSSR count). The van der Waals surface area contributed by atoms with Crippen LogP contribution in [0, 0.1) is 0 Å². The molecule has 0 bridgehead atoms. The molecule has 1 aliphatic rings. The molecule has 1 aliphatic heterocycles. The lowest BCUT2D eigenvalue weighted by molar-refractivity contribution is 0.174. The van der Waals surface area contributed by atoms with Crippen molar-refractivity contribution in [3.05, 3.63) is 18.2 Å². The molecule has 74 valence electrons. The van der Waals surface area contributed by atoms with Gasteiger partial charge in [-0.15, -0.1) is 0 Å². The second-order valence-corrected chi connectivity index (χ2v) is 2.88. The molecule has 0 aromatic heterocycles. The Hall–Kier alpha value is -1.91. The van der Waals surface area contributed by atoms with E-state index in [1.165, 1.54) is 7.05 Å². The fourth-order valence-corrected chi connectivity index (χ4v) is 1.20. The third-order valence-corrected chi connectivity index (χ3v) is 2.03. The fourth-order valence-electron chi connectivity index (χ4n) is 1.20. The monoisotopic (exact) mass is 195 g/mol. The predicted molar refractivity (Wildman–Crippen MR) is 49.0 cm³/mol. The highest BCUT2D eigenvalue weighted by molar-refractivity contribution is 5.85. The summed E-state index contributed by atoms with van der Waals surface area (Å²) in [5, 5.41) is 8.74. The number of fused-ring (bicyclic) bond motifs is 1. The molecule has 0 atom stereocenters. The van der Waals surface area contributed by atoms with Crippen molar-refractivity contribution in [3.63, 3.8) is 0 Å². The highest BCUT2D eigenvalue weighted by atomic mass is 16.7. The number of hydrogen-bond donors (Lipinski definition) is 1. The Morgan fingerprint density at radius 2 is 2.14 bits per heavy atom. The zero-order valence-corrected chi connectivity index (χ0v) is 7.56. The molecular formula is C9H9NO4. The number of amides is 1. The third-order valence-electron chi connectivity index (χ3n) is 2.03. The zero-order valence-electron chi connectivity index (χ0n) is 7.56. The van der Waals surface area contributed by atoms with Crippen LogP contribution in [0.15, 0.2) is 18.2 Å². The topological polar surface area (TPSA) is 59.0 Å². The summed E-state index contributed by atoms with van der Waals surface area (Å²) >= 11 is 0. The number of carbonyl (C=O) groups is 1. The van der Waals surface area contributed by atoms with E-state index in [2.05, 4.69) is 0 Å². The van der Waals surface area contributed by atoms with Gasteiger partial charge in [-0.25, -0.2) is 4.79 Å². The number of rotatable bonds is 1. The van der Waals surface area contributed by atoms with Gasteiger partial charge in [0.2, 0.25) is 6.79 Å². The highest BCUT2D eigenvalue weighted by Gasteiger charge is 2.16. The smallest absolute Gasteiger partial charge is 0.411 e. The molecule has 1 aromatic rings. The summed E-state index contributed by atoms with van der Waals surface area (Å²) in [6.07, 6.45) is -1.01. The van der Waals surface area contributed by atoms with Gasteiger partial charge in [0.05, 0.1) is 5.69 Å². The Kier molecular flexibility index (Phi) is 1.92. The van der Waals surface area contributed by atoms with Crippen molar-refractivity contribution in [1.82, 2.24) is 0 Å². The normalized spacial score (nSPS) is 12.6. The first-order valence-corrected chi connectivity index (χ1v) is 4.05. The average molecular weight is 195 g/mol. The third kappa shape index (κ3) is 1.32. The first kappa shape index (κ1) is 8.68. The largest absolute Gasteiger partial charge is 0.465 e. The molecule has 0 fully saturated rings. The molecule has 0 aliphatic carbocycles. The molecule has 1 aromatic carbocycles. The van der Waals surface area contributed by atoms with Crippen LogP contribution < -0.4 is 14.4 Å². The van der Waals surface area contributed by atoms with Gasteiger partial charge >= 0.3 is 6.09 Å². The van der Waals surface area contributed by atoms with Crippen LogP contribution in [0.4, 0.5) is 10.5 Å². The summed E-state index contributed by atoms with van der Waals surface area (Å²) in [6, 6.07) is 5.00. The van der Waals surface area contributed by atoms with Crippen molar-refractivity contribution < 1.29 is 19.4 Å². The molecular weight excluding hydrogens is 186 g/mol. The first-order valence-electron chi connectivity index (χ1n) is 4.05. The summed E-state index contributed by atoms with van der Waals surface area (Å²) in [5.74, 6) is 1.23. The lowest BCUT2D eigenvalue weighted by Gasteiger charge is -2.12. The maximum atomic E-state index is 10.7. The Bertz CT molecular complexity index is 377. The van der Waals surface area contributed by atoms with Crippen LogP contribution in [-0.2, 0) is 0 Å². The van der Waals surface area contributed by atoms with E-state index in [-0.39, 0.29) is 6.79 Å². The molecule has 14 heavy (non-hydrogen) atoms. The summed E-state index contributed by atoms with van der Waals surface area (Å²) in [6.45, 7) is 0.190. The molecule has 5 heteroatoms. The molecule has 1 heterocycles. The molecule has 1 amide bonds. The average Bonchev–Trinajstić information content (AvgIpc) is 2.62. The van der Waals surface area contributed by atoms with Gasteiger partial charge in [-0.2, -0.15) is 0 Å². The van der Waals surface area contributed by atoms with Crippen LogP contribution in [0.2, 0.25) is 0 Å². The minimum absolute atomic E-state index is 0.190. The van der Waals surface area contributed by atoms with Crippen LogP contribution in [0.25, 0.3) is 0 Å². The molecule has 0 saturated carbocycles. The van der Waals surface area contributed by atoms with E-state index in [0.29, 0.717) is 17.2 Å². The van der Waals surface area contributed by atoms with Gasteiger partial charge in [-0.1, -0.05) is 0 Å². The van der Waals surface area contributed by atoms with Crippen molar-refractivity contribution in [1.29, 1.82) is 0 Å². The summed E-state index contributed by atoms with van der Waals surface area (Å²) in [4.78, 5) is 11.8. The zero-order chi connectivity index (χ0) is 10.1. The van der Waals surface area contributed by atoms with E-state index in [9.17, 15) is 4.79 Å². The van der Waals surface area contributed by atoms with E-state index in [4.69, 9.17) is 14.6 Å². The van der Waals surface area contributed by atoms with Crippen LogP contribution in [-0.4, -0.2) is 25.0 Å². The fraction of sp³-hybridized carbons (Fsp3) is 0.222. The minimum atomic E-state index is -1.01. The Morgan fingerprint density at radius 3 is 2.86 bits per heavy atom. The second-order valence-electron chi connectivity index (χ2n) is 2.88. The lowest BCUT2D eigenvalue weighted by Crippen LogP contribution is -2.23. The van der Waals surface area contributed by atoms with Gasteiger partial charge < -0.3 is 14.6 Å². The summed E-state index contributed by atoms with van der Waals surface area (Å²) in [7, 11) is 1.47. The number of nitrogens with zero attached hydrogens (tertiary/aromatic N) is 1. The number of benzene rings is 1. The van der Waals surface area contributed by atoms with E-state index in [1.54, 1.807) is 18.2 Å². The van der Waals surface area contributed by atoms with Gasteiger partial charge in [0.15, 0.2) is 11.5 Å². The van der Waals surface area contributed by atoms with Crippen molar-refractivity contribution in [2.24, 2.45) is 0 Å². The molecule has 0 unspecified atom stereocenters. The highest BCUT2D eigenvalue weighted by Crippen LogP contribution is 2.35. The Balaban J connectivity index is 2.33. The summed E-state index contributed by atoms with van der Waals surface area (Å²) in [5.41, 5.74) is 0.557. The van der Waals surface area contributed by atoms with E-state index < -0.39 is 6.09 Å². The van der Waals surface area contributed by atoms with Crippen LogP contribution in [0.3, 0.4) is 0 Å². The van der Waals surface area contributed by atoms with Crippen LogP contribution >= 0.6 is 0 Å². The first-order chi connectivity index (χ1) is 6.68. The standard InChI is InChI=1S/C9H9NO4/c1-10(9(11)12)6-2-3-7-8(4-6)14-5-13-7/h2-4H,5H2,1H3,(H,11,12). The molecule has 0 spiro atoms. The number of ether oxygens (including phenoxy) is 2. The van der Waals surface area contributed by atoms with Crippen LogP contribution in [0.5, 0.6) is 11.5 Å². The second kappa shape index (κ2) is 3.10. The minimum Gasteiger partial charge on any atom is -0.465 e. The van der Waals surface area contributed by atoms with E-state index >= 15 is 0 Å². The van der Waals surface area contributed by atoms with Gasteiger partial charge in [0.25, 0.3) is 0 Å². The molecule has 0 radical (unpaired) electrons. The molecule has 1 N–H and O–H groups in total. The van der Waals surface area contributed by atoms with E-state index in [0.717, 1.165) is 4.90 Å². The van der Waals surface area contributed by atoms with Gasteiger partial charge in [-0.3, -0.25) is 4.90 Å². The maximum Gasteiger partial charge on any atom is 0.411 e. The van der Waals surface area contributed by atoms with Gasteiger partial charge in [0.1, 0.15) is 0 Å². The Labute approximate surface area is 80.5 Å². The SMILES string of the molecule is CN(C(=O)O)c1ccc2c(c1)OCO2. The summed E-state index contributed by atoms with van der Waals surface area (Å²) < 4.78 is 10.2. The number of carboxylic acid groups (broad SMARTS) is 1. The number of hydrogen-bond acceptors (Lipinski definition) is 3. The van der Waals surface area contributed by atoms with Crippen molar-refractivity contribution in [3.8, 4) is 11.5 Å². The van der Waals surface area contributed by atoms with Crippen LogP contribution in [0.1, 0.15) is 0 Å². The van der Waals surface area contributed by atoms with Crippen molar-refractivity contribution in [2.75, 3.05) is 18.7 Å². The quantitative estimate of drug-likeness (QED) is 0.738. The predicted octanol–water partition coefficient (Wildman–Crippen LogP) is 1.53. The maximum absolute atomic E-state index is 10.7. The van der Waals surface area contributed by atoms with Crippen molar-refractivity contribution >= 4 is 11.8 Å². The molecule has 5 nitrogen and oxygen atoms in total. The lowest BCUT2D eigenvalue weighted by atomic mass is 10.2.